The molecule has 0 N–H and O–H groups in total. The smallest absolute Gasteiger partial charge is 0.222 e. The highest BCUT2D eigenvalue weighted by atomic mass is 16.5. The van der Waals surface area contributed by atoms with Crippen molar-refractivity contribution in [2.75, 3.05) is 26.8 Å². The average Bonchev–Trinajstić information content (AvgIpc) is 2.78. The van der Waals surface area contributed by atoms with E-state index in [-0.39, 0.29) is 17.4 Å². The number of hydrogen-bond acceptors (Lipinski definition) is 3. The van der Waals surface area contributed by atoms with Gasteiger partial charge in [-0.15, -0.1) is 0 Å². The van der Waals surface area contributed by atoms with Crippen LogP contribution in [0.25, 0.3) is 0 Å². The Morgan fingerprint density at radius 1 is 1.13 bits per heavy atom. The molecule has 0 unspecified atom stereocenters. The molecule has 2 aromatic carbocycles. The molecule has 0 bridgehead atoms. The van der Waals surface area contributed by atoms with Crippen LogP contribution in [0.15, 0.2) is 54.6 Å². The summed E-state index contributed by atoms with van der Waals surface area (Å²) in [6, 6.07) is 18.9. The SMILES string of the molecule is CCC(=O)N(CC[C@@H](c1ccccc1)c1ccc(OC)cc1)C[C@@H]1CCOC(C)(C)C1. The molecule has 168 valence electrons. The molecule has 1 saturated heterocycles. The molecule has 0 radical (unpaired) electrons. The zero-order valence-electron chi connectivity index (χ0n) is 19.5. The molecule has 1 fully saturated rings. The zero-order chi connectivity index (χ0) is 22.3. The van der Waals surface area contributed by atoms with Gasteiger partial charge < -0.3 is 14.4 Å². The van der Waals surface area contributed by atoms with Crippen molar-refractivity contribution in [3.63, 3.8) is 0 Å². The summed E-state index contributed by atoms with van der Waals surface area (Å²) in [6.45, 7) is 8.63. The summed E-state index contributed by atoms with van der Waals surface area (Å²) in [5.74, 6) is 1.84. The van der Waals surface area contributed by atoms with Gasteiger partial charge in [0.15, 0.2) is 0 Å². The van der Waals surface area contributed by atoms with E-state index in [0.717, 1.165) is 44.7 Å². The predicted molar refractivity (Wildman–Crippen MR) is 126 cm³/mol. The molecule has 31 heavy (non-hydrogen) atoms. The van der Waals surface area contributed by atoms with Crippen molar-refractivity contribution in [1.82, 2.24) is 4.90 Å². The van der Waals surface area contributed by atoms with Crippen molar-refractivity contribution < 1.29 is 14.3 Å². The fraction of sp³-hybridized carbons (Fsp3) is 0.519. The highest BCUT2D eigenvalue weighted by Crippen LogP contribution is 2.32. The lowest BCUT2D eigenvalue weighted by Gasteiger charge is -2.38. The van der Waals surface area contributed by atoms with E-state index in [1.54, 1.807) is 7.11 Å². The van der Waals surface area contributed by atoms with Gasteiger partial charge in [0.05, 0.1) is 12.7 Å². The Morgan fingerprint density at radius 3 is 2.42 bits per heavy atom. The Morgan fingerprint density at radius 2 is 1.81 bits per heavy atom. The second-order valence-electron chi connectivity index (χ2n) is 9.19. The molecule has 0 saturated carbocycles. The number of carbonyl (C=O) groups is 1. The van der Waals surface area contributed by atoms with E-state index >= 15 is 0 Å². The number of benzene rings is 2. The van der Waals surface area contributed by atoms with Crippen LogP contribution >= 0.6 is 0 Å². The predicted octanol–water partition coefficient (Wildman–Crippen LogP) is 5.66. The van der Waals surface area contributed by atoms with E-state index in [0.29, 0.717) is 12.3 Å². The van der Waals surface area contributed by atoms with E-state index in [9.17, 15) is 4.79 Å². The number of nitrogens with zero attached hydrogens (tertiary/aromatic N) is 1. The van der Waals surface area contributed by atoms with E-state index in [1.807, 2.05) is 25.1 Å². The van der Waals surface area contributed by atoms with Crippen molar-refractivity contribution in [3.05, 3.63) is 65.7 Å². The van der Waals surface area contributed by atoms with Gasteiger partial charge in [0.1, 0.15) is 5.75 Å². The fourth-order valence-corrected chi connectivity index (χ4v) is 4.70. The van der Waals surface area contributed by atoms with Crippen molar-refractivity contribution >= 4 is 5.91 Å². The van der Waals surface area contributed by atoms with Crippen molar-refractivity contribution in [2.45, 2.75) is 58.0 Å². The second kappa shape index (κ2) is 10.8. The van der Waals surface area contributed by atoms with Crippen molar-refractivity contribution in [1.29, 1.82) is 0 Å². The summed E-state index contributed by atoms with van der Waals surface area (Å²) in [5.41, 5.74) is 2.44. The lowest BCUT2D eigenvalue weighted by atomic mass is 9.86. The van der Waals surface area contributed by atoms with Gasteiger partial charge >= 0.3 is 0 Å². The Balaban J connectivity index is 1.75. The maximum absolute atomic E-state index is 12.8. The third-order valence-electron chi connectivity index (χ3n) is 6.34. The third-order valence-corrected chi connectivity index (χ3v) is 6.34. The highest BCUT2D eigenvalue weighted by molar-refractivity contribution is 5.75. The largest absolute Gasteiger partial charge is 0.497 e. The molecular formula is C27H37NO3. The Labute approximate surface area is 187 Å². The van der Waals surface area contributed by atoms with Gasteiger partial charge in [0, 0.05) is 32.0 Å². The van der Waals surface area contributed by atoms with Crippen molar-refractivity contribution in [2.24, 2.45) is 5.92 Å². The quantitative estimate of drug-likeness (QED) is 0.522. The first-order valence-corrected chi connectivity index (χ1v) is 11.5. The Kier molecular flexibility index (Phi) is 8.14. The fourth-order valence-electron chi connectivity index (χ4n) is 4.70. The number of hydrogen-bond donors (Lipinski definition) is 0. The second-order valence-corrected chi connectivity index (χ2v) is 9.19. The summed E-state index contributed by atoms with van der Waals surface area (Å²) in [4.78, 5) is 14.9. The summed E-state index contributed by atoms with van der Waals surface area (Å²) in [5, 5.41) is 0. The van der Waals surface area contributed by atoms with Crippen LogP contribution in [0.2, 0.25) is 0 Å². The van der Waals surface area contributed by atoms with Gasteiger partial charge in [-0.3, -0.25) is 4.79 Å². The molecule has 4 heteroatoms. The van der Waals surface area contributed by atoms with E-state index in [4.69, 9.17) is 9.47 Å². The third kappa shape index (κ3) is 6.57. The number of methoxy groups -OCH3 is 1. The van der Waals surface area contributed by atoms with Gasteiger partial charge in [-0.25, -0.2) is 0 Å². The van der Waals surface area contributed by atoms with Crippen LogP contribution in [0.1, 0.15) is 63.5 Å². The molecule has 1 aliphatic rings. The van der Waals surface area contributed by atoms with Crippen LogP contribution in [-0.4, -0.2) is 43.2 Å². The number of ether oxygens (including phenoxy) is 2. The molecule has 0 spiro atoms. The normalized spacial score (nSPS) is 18.9. The van der Waals surface area contributed by atoms with Crippen LogP contribution in [0.4, 0.5) is 0 Å². The molecule has 2 atom stereocenters. The van der Waals surface area contributed by atoms with Crippen molar-refractivity contribution in [3.8, 4) is 5.75 Å². The zero-order valence-corrected chi connectivity index (χ0v) is 19.5. The molecule has 3 rings (SSSR count). The van der Waals surface area contributed by atoms with Gasteiger partial charge in [-0.2, -0.15) is 0 Å². The summed E-state index contributed by atoms with van der Waals surface area (Å²) in [6.07, 6.45) is 3.47. The topological polar surface area (TPSA) is 38.8 Å². The van der Waals surface area contributed by atoms with Crippen LogP contribution in [-0.2, 0) is 9.53 Å². The molecule has 2 aromatic rings. The van der Waals surface area contributed by atoms with Crippen LogP contribution in [0.5, 0.6) is 5.75 Å². The van der Waals surface area contributed by atoms with Crippen LogP contribution in [0.3, 0.4) is 0 Å². The lowest BCUT2D eigenvalue weighted by molar-refractivity contribution is -0.133. The molecule has 1 aliphatic heterocycles. The molecule has 1 amide bonds. The lowest BCUT2D eigenvalue weighted by Crippen LogP contribution is -2.42. The first kappa shape index (κ1) is 23.3. The first-order chi connectivity index (χ1) is 14.9. The molecule has 0 aromatic heterocycles. The van der Waals surface area contributed by atoms with E-state index in [2.05, 4.69) is 55.1 Å². The summed E-state index contributed by atoms with van der Waals surface area (Å²) < 4.78 is 11.2. The van der Waals surface area contributed by atoms with Gasteiger partial charge in [-0.05, 0) is 62.3 Å². The number of rotatable bonds is 9. The number of carbonyl (C=O) groups excluding carboxylic acids is 1. The minimum atomic E-state index is -0.0977. The standard InChI is InChI=1S/C27H37NO3/c1-5-26(29)28(20-21-16-18-31-27(2,3)19-21)17-15-25(22-9-7-6-8-10-22)23-11-13-24(30-4)14-12-23/h6-14,21,25H,5,15-20H2,1-4H3/t21-,25+/m1/s1. The first-order valence-electron chi connectivity index (χ1n) is 11.5. The Hall–Kier alpha value is -2.33. The van der Waals surface area contributed by atoms with Gasteiger partial charge in [0.2, 0.25) is 5.91 Å². The van der Waals surface area contributed by atoms with Gasteiger partial charge in [-0.1, -0.05) is 49.4 Å². The Bertz CT molecular complexity index is 816. The molecule has 4 nitrogen and oxygen atoms in total. The maximum Gasteiger partial charge on any atom is 0.222 e. The molecule has 0 aliphatic carbocycles. The molecular weight excluding hydrogens is 386 g/mol. The molecule has 1 heterocycles. The van der Waals surface area contributed by atoms with Gasteiger partial charge in [0.25, 0.3) is 0 Å². The summed E-state index contributed by atoms with van der Waals surface area (Å²) >= 11 is 0. The van der Waals surface area contributed by atoms with Crippen LogP contribution < -0.4 is 4.74 Å². The summed E-state index contributed by atoms with van der Waals surface area (Å²) in [7, 11) is 1.69. The monoisotopic (exact) mass is 423 g/mol. The van der Waals surface area contributed by atoms with E-state index < -0.39 is 0 Å². The average molecular weight is 424 g/mol. The minimum absolute atomic E-state index is 0.0977. The highest BCUT2D eigenvalue weighted by Gasteiger charge is 2.31. The minimum Gasteiger partial charge on any atom is -0.497 e. The van der Waals surface area contributed by atoms with Crippen LogP contribution in [0, 0.1) is 5.92 Å². The van der Waals surface area contributed by atoms with E-state index in [1.165, 1.54) is 11.1 Å². The maximum atomic E-state index is 12.8. The number of amides is 1.